The van der Waals surface area contributed by atoms with Gasteiger partial charge in [0.15, 0.2) is 11.5 Å². The van der Waals surface area contributed by atoms with Gasteiger partial charge in [-0.3, -0.25) is 0 Å². The number of benzene rings is 2. The molecule has 0 radical (unpaired) electrons. The Balaban J connectivity index is 1.85. The van der Waals surface area contributed by atoms with Crippen LogP contribution in [0, 0.1) is 6.92 Å². The summed E-state index contributed by atoms with van der Waals surface area (Å²) in [7, 11) is 0. The first-order valence-corrected chi connectivity index (χ1v) is 10.6. The first-order chi connectivity index (χ1) is 15.5. The van der Waals surface area contributed by atoms with E-state index in [-0.39, 0.29) is 22.9 Å². The van der Waals surface area contributed by atoms with Gasteiger partial charge in [0.2, 0.25) is 0 Å². The SMILES string of the molecule is Cc1c(-c2cccc(CNc3ccc(Cl)c(C(F)(F)F)c3)c2)sc(C(=O)O)c1OCC(=O)O. The van der Waals surface area contributed by atoms with Crippen molar-refractivity contribution in [3.05, 3.63) is 69.1 Å². The van der Waals surface area contributed by atoms with Crippen LogP contribution in [-0.2, 0) is 17.5 Å². The van der Waals surface area contributed by atoms with E-state index in [4.69, 9.17) is 21.4 Å². The number of alkyl halides is 3. The number of carboxylic acid groups (broad SMARTS) is 2. The van der Waals surface area contributed by atoms with Crippen molar-refractivity contribution in [3.63, 3.8) is 0 Å². The number of aromatic carboxylic acids is 1. The number of thiophene rings is 1. The molecule has 3 rings (SSSR count). The number of rotatable bonds is 8. The fourth-order valence-electron chi connectivity index (χ4n) is 3.10. The van der Waals surface area contributed by atoms with Crippen molar-refractivity contribution in [3.8, 4) is 16.2 Å². The topological polar surface area (TPSA) is 95.9 Å². The van der Waals surface area contributed by atoms with Gasteiger partial charge in [0.25, 0.3) is 0 Å². The Kier molecular flexibility index (Phi) is 7.19. The highest BCUT2D eigenvalue weighted by molar-refractivity contribution is 7.18. The van der Waals surface area contributed by atoms with Crippen molar-refractivity contribution < 1.29 is 37.7 Å². The molecule has 0 fully saturated rings. The molecule has 1 heterocycles. The van der Waals surface area contributed by atoms with Gasteiger partial charge >= 0.3 is 18.1 Å². The molecular formula is C22H17ClF3NO5S. The Bertz CT molecular complexity index is 1210. The molecule has 0 unspecified atom stereocenters. The molecular weight excluding hydrogens is 483 g/mol. The van der Waals surface area contributed by atoms with Gasteiger partial charge in [-0.1, -0.05) is 29.8 Å². The minimum absolute atomic E-state index is 0.00530. The number of hydrogen-bond acceptors (Lipinski definition) is 5. The van der Waals surface area contributed by atoms with Crippen LogP contribution in [-0.4, -0.2) is 28.8 Å². The van der Waals surface area contributed by atoms with E-state index in [1.165, 1.54) is 12.1 Å². The van der Waals surface area contributed by atoms with E-state index in [1.807, 2.05) is 0 Å². The monoisotopic (exact) mass is 499 g/mol. The second kappa shape index (κ2) is 9.72. The van der Waals surface area contributed by atoms with Crippen LogP contribution in [0.1, 0.15) is 26.4 Å². The molecule has 0 aliphatic rings. The summed E-state index contributed by atoms with van der Waals surface area (Å²) in [5, 5.41) is 20.8. The highest BCUT2D eigenvalue weighted by Crippen LogP contribution is 2.42. The van der Waals surface area contributed by atoms with Crippen LogP contribution in [0.15, 0.2) is 42.5 Å². The summed E-state index contributed by atoms with van der Waals surface area (Å²) in [6.07, 6.45) is -4.58. The number of nitrogens with one attached hydrogen (secondary N) is 1. The van der Waals surface area contributed by atoms with E-state index in [0.717, 1.165) is 23.0 Å². The number of anilines is 1. The fraction of sp³-hybridized carbons (Fsp3) is 0.182. The number of aliphatic carboxylic acids is 1. The summed E-state index contributed by atoms with van der Waals surface area (Å²) in [5.41, 5.74) is 1.18. The van der Waals surface area contributed by atoms with Crippen molar-refractivity contribution in [1.29, 1.82) is 0 Å². The predicted octanol–water partition coefficient (Wildman–Crippen LogP) is 6.17. The average molecular weight is 500 g/mol. The van der Waals surface area contributed by atoms with Gasteiger partial charge in [0.05, 0.1) is 10.6 Å². The van der Waals surface area contributed by atoms with Crippen LogP contribution in [0.2, 0.25) is 5.02 Å². The van der Waals surface area contributed by atoms with Gasteiger partial charge in [-0.05, 0) is 42.3 Å². The van der Waals surface area contributed by atoms with Crippen molar-refractivity contribution in [2.24, 2.45) is 0 Å². The smallest absolute Gasteiger partial charge is 0.417 e. The van der Waals surface area contributed by atoms with Gasteiger partial charge in [-0.2, -0.15) is 13.2 Å². The number of halogens is 4. The van der Waals surface area contributed by atoms with E-state index in [9.17, 15) is 27.9 Å². The number of carbonyl (C=O) groups is 2. The second-order valence-electron chi connectivity index (χ2n) is 6.95. The molecule has 1 aromatic heterocycles. The summed E-state index contributed by atoms with van der Waals surface area (Å²) in [6.45, 7) is 1.15. The normalized spacial score (nSPS) is 11.3. The molecule has 3 N–H and O–H groups in total. The minimum Gasteiger partial charge on any atom is -0.480 e. The van der Waals surface area contributed by atoms with E-state index in [2.05, 4.69) is 5.32 Å². The van der Waals surface area contributed by atoms with Crippen molar-refractivity contribution in [1.82, 2.24) is 0 Å². The maximum Gasteiger partial charge on any atom is 0.417 e. The molecule has 11 heteroatoms. The number of carboxylic acids is 2. The Hall–Kier alpha value is -3.24. The standard InChI is InChI=1S/C22H17ClF3NO5S/c1-11-18(32-10-17(28)29)20(21(30)31)33-19(11)13-4-2-3-12(7-13)9-27-14-5-6-16(23)15(8-14)22(24,25)26/h2-8,27H,9-10H2,1H3,(H,28,29)(H,30,31). The predicted molar refractivity (Wildman–Crippen MR) is 118 cm³/mol. The summed E-state index contributed by atoms with van der Waals surface area (Å²) < 4.78 is 44.4. The molecule has 3 aromatic rings. The zero-order valence-corrected chi connectivity index (χ0v) is 18.6. The molecule has 6 nitrogen and oxygen atoms in total. The van der Waals surface area contributed by atoms with Crippen molar-refractivity contribution >= 4 is 40.6 Å². The lowest BCUT2D eigenvalue weighted by atomic mass is 10.1. The van der Waals surface area contributed by atoms with Gasteiger partial charge in [-0.15, -0.1) is 11.3 Å². The Morgan fingerprint density at radius 1 is 1.15 bits per heavy atom. The molecule has 0 amide bonds. The Morgan fingerprint density at radius 2 is 1.88 bits per heavy atom. The molecule has 0 aliphatic heterocycles. The quantitative estimate of drug-likeness (QED) is 0.343. The van der Waals surface area contributed by atoms with Crippen LogP contribution >= 0.6 is 22.9 Å². The first kappa shape index (κ1) is 24.4. The zero-order chi connectivity index (χ0) is 24.3. The zero-order valence-electron chi connectivity index (χ0n) is 17.0. The van der Waals surface area contributed by atoms with Gasteiger partial charge in [-0.25, -0.2) is 9.59 Å². The van der Waals surface area contributed by atoms with Crippen LogP contribution in [0.4, 0.5) is 18.9 Å². The molecule has 174 valence electrons. The van der Waals surface area contributed by atoms with Gasteiger partial charge < -0.3 is 20.3 Å². The summed E-state index contributed by atoms with van der Waals surface area (Å²) >= 11 is 6.60. The molecule has 2 aromatic carbocycles. The molecule has 33 heavy (non-hydrogen) atoms. The minimum atomic E-state index is -4.58. The fourth-order valence-corrected chi connectivity index (χ4v) is 4.41. The van der Waals surface area contributed by atoms with Crippen LogP contribution in [0.3, 0.4) is 0 Å². The number of ether oxygens (including phenoxy) is 1. The van der Waals surface area contributed by atoms with Gasteiger partial charge in [0, 0.05) is 22.7 Å². The Labute approximate surface area is 195 Å². The maximum atomic E-state index is 13.1. The molecule has 0 aliphatic carbocycles. The summed E-state index contributed by atoms with van der Waals surface area (Å²) in [5.74, 6) is -2.48. The third-order valence-electron chi connectivity index (χ3n) is 4.58. The van der Waals surface area contributed by atoms with Gasteiger partial charge in [0.1, 0.15) is 5.75 Å². The second-order valence-corrected chi connectivity index (χ2v) is 8.38. The average Bonchev–Trinajstić information content (AvgIpc) is 3.07. The van der Waals surface area contributed by atoms with E-state index >= 15 is 0 Å². The molecule has 0 saturated carbocycles. The van der Waals surface area contributed by atoms with Crippen molar-refractivity contribution in [2.45, 2.75) is 19.6 Å². The molecule has 0 bridgehead atoms. The van der Waals surface area contributed by atoms with E-state index in [0.29, 0.717) is 16.0 Å². The maximum absolute atomic E-state index is 13.1. The lowest BCUT2D eigenvalue weighted by Crippen LogP contribution is -2.11. The lowest BCUT2D eigenvalue weighted by Gasteiger charge is -2.13. The van der Waals surface area contributed by atoms with Crippen LogP contribution in [0.5, 0.6) is 5.75 Å². The highest BCUT2D eigenvalue weighted by Gasteiger charge is 2.33. The summed E-state index contributed by atoms with van der Waals surface area (Å²) in [6, 6.07) is 10.5. The molecule has 0 saturated heterocycles. The first-order valence-electron chi connectivity index (χ1n) is 9.38. The molecule has 0 atom stereocenters. The highest BCUT2D eigenvalue weighted by atomic mass is 35.5. The van der Waals surface area contributed by atoms with E-state index in [1.54, 1.807) is 31.2 Å². The van der Waals surface area contributed by atoms with E-state index < -0.39 is 35.3 Å². The number of hydrogen-bond donors (Lipinski definition) is 3. The molecule has 0 spiro atoms. The summed E-state index contributed by atoms with van der Waals surface area (Å²) in [4.78, 5) is 22.9. The third kappa shape index (κ3) is 5.77. The lowest BCUT2D eigenvalue weighted by molar-refractivity contribution is -0.139. The third-order valence-corrected chi connectivity index (χ3v) is 6.22. The van der Waals surface area contributed by atoms with Crippen molar-refractivity contribution in [2.75, 3.05) is 11.9 Å². The largest absolute Gasteiger partial charge is 0.480 e. The Morgan fingerprint density at radius 3 is 2.52 bits per heavy atom. The van der Waals surface area contributed by atoms with Crippen LogP contribution < -0.4 is 10.1 Å². The van der Waals surface area contributed by atoms with Crippen LogP contribution in [0.25, 0.3) is 10.4 Å².